The summed E-state index contributed by atoms with van der Waals surface area (Å²) in [5, 5.41) is 12.5. The fourth-order valence-corrected chi connectivity index (χ4v) is 2.15. The first-order valence-electron chi connectivity index (χ1n) is 6.80. The molecule has 0 saturated heterocycles. The first-order chi connectivity index (χ1) is 9.40. The maximum atomic E-state index is 11.1. The van der Waals surface area contributed by atoms with E-state index in [1.807, 2.05) is 14.1 Å². The van der Waals surface area contributed by atoms with Crippen LogP contribution >= 0.6 is 0 Å². The van der Waals surface area contributed by atoms with Crippen molar-refractivity contribution in [2.75, 3.05) is 20.6 Å². The molecule has 1 unspecified atom stereocenters. The molecule has 1 atom stereocenters. The van der Waals surface area contributed by atoms with Gasteiger partial charge in [0.05, 0.1) is 5.69 Å². The Morgan fingerprint density at radius 2 is 2.15 bits per heavy atom. The van der Waals surface area contributed by atoms with Crippen molar-refractivity contribution in [1.82, 2.24) is 20.2 Å². The van der Waals surface area contributed by atoms with Gasteiger partial charge in [-0.05, 0) is 26.4 Å². The zero-order valence-electron chi connectivity index (χ0n) is 12.6. The van der Waals surface area contributed by atoms with Crippen molar-refractivity contribution in [2.24, 2.45) is 5.92 Å². The quantitative estimate of drug-likeness (QED) is 0.746. The number of aromatic nitrogens is 2. The van der Waals surface area contributed by atoms with Crippen LogP contribution in [0.5, 0.6) is 0 Å². The second-order valence-electron chi connectivity index (χ2n) is 5.66. The largest absolute Gasteiger partial charge is 0.478 e. The van der Waals surface area contributed by atoms with Crippen LogP contribution < -0.4 is 5.32 Å². The fourth-order valence-electron chi connectivity index (χ4n) is 2.15. The van der Waals surface area contributed by atoms with Crippen molar-refractivity contribution in [1.29, 1.82) is 0 Å². The minimum atomic E-state index is -0.990. The molecule has 0 fully saturated rings. The number of likely N-dealkylation sites (N-methyl/N-ethyl adjacent to an activating group) is 1. The Morgan fingerprint density at radius 3 is 2.70 bits per heavy atom. The lowest BCUT2D eigenvalue weighted by Crippen LogP contribution is -2.39. The van der Waals surface area contributed by atoms with Crippen LogP contribution in [0.4, 0.5) is 0 Å². The van der Waals surface area contributed by atoms with E-state index in [1.165, 1.54) is 12.5 Å². The maximum Gasteiger partial charge on any atom is 0.339 e. The monoisotopic (exact) mass is 280 g/mol. The normalized spacial score (nSPS) is 12.9. The fraction of sp³-hybridized carbons (Fsp3) is 0.643. The molecule has 20 heavy (non-hydrogen) atoms. The van der Waals surface area contributed by atoms with Crippen LogP contribution in [0, 0.1) is 5.92 Å². The Bertz CT molecular complexity index is 425. The standard InChI is InChI=1S/C14H24N4O2/c1-10(2)5-11(8-18(3)4)16-7-13-12(14(19)20)6-15-9-17-13/h6,9-11,16H,5,7-8H2,1-4H3,(H,19,20). The van der Waals surface area contributed by atoms with E-state index in [0.717, 1.165) is 13.0 Å². The summed E-state index contributed by atoms with van der Waals surface area (Å²) in [7, 11) is 4.06. The van der Waals surface area contributed by atoms with Crippen molar-refractivity contribution < 1.29 is 9.90 Å². The lowest BCUT2D eigenvalue weighted by molar-refractivity contribution is 0.0694. The lowest BCUT2D eigenvalue weighted by atomic mass is 10.0. The molecule has 1 rings (SSSR count). The number of carbonyl (C=O) groups is 1. The lowest BCUT2D eigenvalue weighted by Gasteiger charge is -2.24. The molecule has 0 radical (unpaired) electrons. The Kier molecular flexibility index (Phi) is 6.54. The summed E-state index contributed by atoms with van der Waals surface area (Å²) < 4.78 is 0. The van der Waals surface area contributed by atoms with Gasteiger partial charge in [0.15, 0.2) is 0 Å². The van der Waals surface area contributed by atoms with Gasteiger partial charge in [-0.2, -0.15) is 0 Å². The highest BCUT2D eigenvalue weighted by Crippen LogP contribution is 2.08. The highest BCUT2D eigenvalue weighted by Gasteiger charge is 2.15. The third-order valence-electron chi connectivity index (χ3n) is 2.92. The van der Waals surface area contributed by atoms with E-state index in [4.69, 9.17) is 5.11 Å². The molecule has 6 nitrogen and oxygen atoms in total. The molecule has 0 aromatic carbocycles. The summed E-state index contributed by atoms with van der Waals surface area (Å²) in [5.74, 6) is -0.410. The Balaban J connectivity index is 2.69. The van der Waals surface area contributed by atoms with Gasteiger partial charge in [-0.15, -0.1) is 0 Å². The summed E-state index contributed by atoms with van der Waals surface area (Å²) in [5.41, 5.74) is 0.688. The molecular weight excluding hydrogens is 256 g/mol. The van der Waals surface area contributed by atoms with Gasteiger partial charge in [-0.3, -0.25) is 0 Å². The van der Waals surface area contributed by atoms with Crippen LogP contribution in [-0.2, 0) is 6.54 Å². The predicted octanol–water partition coefficient (Wildman–Crippen LogP) is 1.24. The number of rotatable bonds is 8. The van der Waals surface area contributed by atoms with E-state index >= 15 is 0 Å². The molecule has 6 heteroatoms. The van der Waals surface area contributed by atoms with Gasteiger partial charge in [0, 0.05) is 25.3 Å². The van der Waals surface area contributed by atoms with Crippen LogP contribution in [0.25, 0.3) is 0 Å². The molecule has 0 saturated carbocycles. The molecule has 2 N–H and O–H groups in total. The summed E-state index contributed by atoms with van der Waals surface area (Å²) in [6.45, 7) is 5.70. The molecule has 1 aromatic rings. The van der Waals surface area contributed by atoms with Gasteiger partial charge in [0.2, 0.25) is 0 Å². The number of carboxylic acid groups (broad SMARTS) is 1. The molecule has 0 aliphatic heterocycles. The van der Waals surface area contributed by atoms with Crippen molar-refractivity contribution in [3.05, 3.63) is 23.8 Å². The topological polar surface area (TPSA) is 78.3 Å². The first-order valence-corrected chi connectivity index (χ1v) is 6.80. The Morgan fingerprint density at radius 1 is 1.45 bits per heavy atom. The molecule has 112 valence electrons. The molecular formula is C14H24N4O2. The van der Waals surface area contributed by atoms with Crippen molar-refractivity contribution >= 4 is 5.97 Å². The zero-order chi connectivity index (χ0) is 15.1. The molecule has 1 aromatic heterocycles. The molecule has 0 amide bonds. The van der Waals surface area contributed by atoms with E-state index < -0.39 is 5.97 Å². The molecule has 1 heterocycles. The van der Waals surface area contributed by atoms with Crippen LogP contribution in [0.1, 0.15) is 36.3 Å². The molecule has 0 aliphatic rings. The SMILES string of the molecule is CC(C)CC(CN(C)C)NCc1ncncc1C(=O)O. The third kappa shape index (κ3) is 5.63. The van der Waals surface area contributed by atoms with Gasteiger partial charge >= 0.3 is 5.97 Å². The van der Waals surface area contributed by atoms with Crippen molar-refractivity contribution in [3.63, 3.8) is 0 Å². The van der Waals surface area contributed by atoms with E-state index in [2.05, 4.69) is 34.0 Å². The van der Waals surface area contributed by atoms with E-state index in [9.17, 15) is 4.79 Å². The van der Waals surface area contributed by atoms with Crippen LogP contribution in [0.3, 0.4) is 0 Å². The summed E-state index contributed by atoms with van der Waals surface area (Å²) in [4.78, 5) is 21.1. The second-order valence-corrected chi connectivity index (χ2v) is 5.66. The Labute approximate surface area is 120 Å². The van der Waals surface area contributed by atoms with Crippen molar-refractivity contribution in [3.8, 4) is 0 Å². The highest BCUT2D eigenvalue weighted by atomic mass is 16.4. The highest BCUT2D eigenvalue weighted by molar-refractivity contribution is 5.88. The third-order valence-corrected chi connectivity index (χ3v) is 2.92. The second kappa shape index (κ2) is 7.91. The molecule has 0 bridgehead atoms. The van der Waals surface area contributed by atoms with Gasteiger partial charge in [-0.25, -0.2) is 14.8 Å². The molecule has 0 spiro atoms. The van der Waals surface area contributed by atoms with Gasteiger partial charge in [0.25, 0.3) is 0 Å². The van der Waals surface area contributed by atoms with Gasteiger partial charge in [0.1, 0.15) is 11.9 Å². The number of hydrogen-bond donors (Lipinski definition) is 2. The minimum Gasteiger partial charge on any atom is -0.478 e. The smallest absolute Gasteiger partial charge is 0.339 e. The zero-order valence-corrected chi connectivity index (χ0v) is 12.6. The van der Waals surface area contributed by atoms with Gasteiger partial charge in [-0.1, -0.05) is 13.8 Å². The van der Waals surface area contributed by atoms with Crippen LogP contribution in [0.15, 0.2) is 12.5 Å². The first kappa shape index (κ1) is 16.5. The van der Waals surface area contributed by atoms with E-state index in [0.29, 0.717) is 24.2 Å². The minimum absolute atomic E-state index is 0.160. The number of hydrogen-bond acceptors (Lipinski definition) is 5. The van der Waals surface area contributed by atoms with Crippen LogP contribution in [0.2, 0.25) is 0 Å². The van der Waals surface area contributed by atoms with Gasteiger partial charge < -0.3 is 15.3 Å². The summed E-state index contributed by atoms with van der Waals surface area (Å²) >= 11 is 0. The number of nitrogens with zero attached hydrogens (tertiary/aromatic N) is 3. The average molecular weight is 280 g/mol. The van der Waals surface area contributed by atoms with Crippen LogP contribution in [-0.4, -0.2) is 52.6 Å². The number of carboxylic acids is 1. The number of nitrogens with one attached hydrogen (secondary N) is 1. The maximum absolute atomic E-state index is 11.1. The Hall–Kier alpha value is -1.53. The van der Waals surface area contributed by atoms with E-state index in [1.54, 1.807) is 0 Å². The van der Waals surface area contributed by atoms with Crippen molar-refractivity contribution in [2.45, 2.75) is 32.9 Å². The average Bonchev–Trinajstić information content (AvgIpc) is 2.34. The molecule has 0 aliphatic carbocycles. The summed E-state index contributed by atoms with van der Waals surface area (Å²) in [6, 6.07) is 0.307. The predicted molar refractivity (Wildman–Crippen MR) is 77.6 cm³/mol. The van der Waals surface area contributed by atoms with E-state index in [-0.39, 0.29) is 5.56 Å². The summed E-state index contributed by atoms with van der Waals surface area (Å²) in [6.07, 6.45) is 3.76. The number of aromatic carboxylic acids is 1.